The lowest BCUT2D eigenvalue weighted by Crippen LogP contribution is -2.10. The molecule has 0 unspecified atom stereocenters. The van der Waals surface area contributed by atoms with Gasteiger partial charge in [-0.15, -0.1) is 0 Å². The van der Waals surface area contributed by atoms with Gasteiger partial charge in [-0.3, -0.25) is 0 Å². The van der Waals surface area contributed by atoms with Crippen molar-refractivity contribution in [2.75, 3.05) is 0 Å². The lowest BCUT2D eigenvalue weighted by atomic mass is 9.82. The van der Waals surface area contributed by atoms with Crippen LogP contribution in [0.3, 0.4) is 0 Å². The Bertz CT molecular complexity index is 1350. The number of hydrogen-bond donors (Lipinski definition) is 0. The third-order valence-electron chi connectivity index (χ3n) is 6.89. The van der Waals surface area contributed by atoms with Crippen LogP contribution in [0, 0.1) is 6.92 Å². The van der Waals surface area contributed by atoms with Crippen molar-refractivity contribution in [1.82, 2.24) is 0 Å². The molecule has 0 heteroatoms. The summed E-state index contributed by atoms with van der Waals surface area (Å²) < 4.78 is 0. The van der Waals surface area contributed by atoms with Gasteiger partial charge in [-0.25, -0.2) is 0 Å². The molecule has 5 rings (SSSR count). The predicted octanol–water partition coefficient (Wildman–Crippen LogP) is 8.36. The van der Waals surface area contributed by atoms with Crippen LogP contribution in [-0.2, 0) is 25.7 Å². The van der Waals surface area contributed by atoms with Gasteiger partial charge in [0.1, 0.15) is 0 Å². The average Bonchev–Trinajstić information content (AvgIpc) is 2.91. The molecule has 0 spiro atoms. The highest BCUT2D eigenvalue weighted by molar-refractivity contribution is 5.52. The van der Waals surface area contributed by atoms with Crippen LogP contribution >= 0.6 is 0 Å². The Morgan fingerprint density at radius 1 is 0.371 bits per heavy atom. The molecule has 172 valence electrons. The standard InChI is InChI=1S/C35H32/c1-27-22-32(23-28-14-6-2-7-15-28)34(25-30-18-10-4-11-19-30)35(26-31-20-12-5-13-21-31)33(27)24-29-16-8-3-9-17-29/h2-22H,23-26H2,1H3. The molecule has 0 saturated heterocycles. The Morgan fingerprint density at radius 2 is 0.714 bits per heavy atom. The fourth-order valence-corrected chi connectivity index (χ4v) is 5.10. The molecule has 0 radical (unpaired) electrons. The lowest BCUT2D eigenvalue weighted by Gasteiger charge is -2.23. The van der Waals surface area contributed by atoms with E-state index in [1.807, 2.05) is 0 Å². The zero-order valence-electron chi connectivity index (χ0n) is 20.5. The quantitative estimate of drug-likeness (QED) is 0.222. The molecule has 0 aliphatic carbocycles. The fraction of sp³-hybridized carbons (Fsp3) is 0.143. The van der Waals surface area contributed by atoms with E-state index in [2.05, 4.69) is 134 Å². The molecular formula is C35H32. The molecule has 0 N–H and O–H groups in total. The van der Waals surface area contributed by atoms with Crippen molar-refractivity contribution in [3.05, 3.63) is 177 Å². The number of rotatable bonds is 8. The van der Waals surface area contributed by atoms with E-state index >= 15 is 0 Å². The minimum atomic E-state index is 0.952. The highest BCUT2D eigenvalue weighted by atomic mass is 14.2. The number of hydrogen-bond acceptors (Lipinski definition) is 0. The van der Waals surface area contributed by atoms with Gasteiger partial charge < -0.3 is 0 Å². The van der Waals surface area contributed by atoms with Gasteiger partial charge in [0.15, 0.2) is 0 Å². The molecule has 0 aliphatic rings. The van der Waals surface area contributed by atoms with Gasteiger partial charge in [0.05, 0.1) is 0 Å². The Kier molecular flexibility index (Phi) is 7.20. The first-order valence-corrected chi connectivity index (χ1v) is 12.5. The first kappa shape index (κ1) is 22.9. The van der Waals surface area contributed by atoms with Crippen molar-refractivity contribution in [2.24, 2.45) is 0 Å². The topological polar surface area (TPSA) is 0 Å². The normalized spacial score (nSPS) is 10.9. The Labute approximate surface area is 209 Å². The molecule has 0 fully saturated rings. The first-order valence-electron chi connectivity index (χ1n) is 12.5. The van der Waals surface area contributed by atoms with E-state index in [-0.39, 0.29) is 0 Å². The zero-order valence-corrected chi connectivity index (χ0v) is 20.5. The summed E-state index contributed by atoms with van der Waals surface area (Å²) >= 11 is 0. The highest BCUT2D eigenvalue weighted by Gasteiger charge is 2.18. The zero-order chi connectivity index (χ0) is 23.9. The van der Waals surface area contributed by atoms with E-state index in [4.69, 9.17) is 0 Å². The largest absolute Gasteiger partial charge is 0.0622 e. The van der Waals surface area contributed by atoms with E-state index in [0.717, 1.165) is 25.7 Å². The van der Waals surface area contributed by atoms with Crippen LogP contribution in [0.25, 0.3) is 0 Å². The van der Waals surface area contributed by atoms with E-state index in [1.165, 1.54) is 50.1 Å². The summed E-state index contributed by atoms with van der Waals surface area (Å²) in [5, 5.41) is 0. The van der Waals surface area contributed by atoms with Crippen molar-refractivity contribution in [2.45, 2.75) is 32.6 Å². The summed E-state index contributed by atoms with van der Waals surface area (Å²) in [4.78, 5) is 0. The van der Waals surface area contributed by atoms with E-state index in [0.29, 0.717) is 0 Å². The molecule has 0 bridgehead atoms. The van der Waals surface area contributed by atoms with Crippen molar-refractivity contribution < 1.29 is 0 Å². The SMILES string of the molecule is Cc1cc(Cc2ccccc2)c(Cc2ccccc2)c(Cc2ccccc2)c1Cc1ccccc1. The maximum atomic E-state index is 2.46. The van der Waals surface area contributed by atoms with Crippen LogP contribution in [0.1, 0.15) is 50.1 Å². The lowest BCUT2D eigenvalue weighted by molar-refractivity contribution is 0.981. The van der Waals surface area contributed by atoms with Crippen molar-refractivity contribution >= 4 is 0 Å². The summed E-state index contributed by atoms with van der Waals surface area (Å²) in [6.07, 6.45) is 3.82. The minimum Gasteiger partial charge on any atom is -0.0622 e. The molecule has 0 amide bonds. The molecule has 0 atom stereocenters. The van der Waals surface area contributed by atoms with Crippen LogP contribution in [0.2, 0.25) is 0 Å². The van der Waals surface area contributed by atoms with Crippen LogP contribution in [0.5, 0.6) is 0 Å². The number of aryl methyl sites for hydroxylation is 1. The van der Waals surface area contributed by atoms with Gasteiger partial charge in [-0.05, 0) is 82.7 Å². The second-order valence-electron chi connectivity index (χ2n) is 9.44. The van der Waals surface area contributed by atoms with Crippen molar-refractivity contribution in [3.8, 4) is 0 Å². The first-order chi connectivity index (χ1) is 17.3. The Morgan fingerprint density at radius 3 is 1.14 bits per heavy atom. The summed E-state index contributed by atoms with van der Waals surface area (Å²) in [5.74, 6) is 0. The highest BCUT2D eigenvalue weighted by Crippen LogP contribution is 2.31. The van der Waals surface area contributed by atoms with Gasteiger partial charge in [0.25, 0.3) is 0 Å². The van der Waals surface area contributed by atoms with Gasteiger partial charge in [0, 0.05) is 0 Å². The van der Waals surface area contributed by atoms with Crippen LogP contribution in [0.4, 0.5) is 0 Å². The van der Waals surface area contributed by atoms with Crippen molar-refractivity contribution in [1.29, 1.82) is 0 Å². The summed E-state index contributed by atoms with van der Waals surface area (Å²) in [7, 11) is 0. The maximum absolute atomic E-state index is 2.46. The predicted molar refractivity (Wildman–Crippen MR) is 148 cm³/mol. The molecule has 0 saturated carbocycles. The second-order valence-corrected chi connectivity index (χ2v) is 9.44. The minimum absolute atomic E-state index is 0.952. The smallest absolute Gasteiger partial charge is 0.00199 e. The van der Waals surface area contributed by atoms with Gasteiger partial charge >= 0.3 is 0 Å². The second kappa shape index (κ2) is 11.0. The maximum Gasteiger partial charge on any atom is -0.00199 e. The van der Waals surface area contributed by atoms with E-state index < -0.39 is 0 Å². The third-order valence-corrected chi connectivity index (χ3v) is 6.89. The summed E-state index contributed by atoms with van der Waals surface area (Å²) in [6.45, 7) is 2.30. The van der Waals surface area contributed by atoms with Crippen LogP contribution in [-0.4, -0.2) is 0 Å². The third kappa shape index (κ3) is 5.78. The van der Waals surface area contributed by atoms with Crippen molar-refractivity contribution in [3.63, 3.8) is 0 Å². The van der Waals surface area contributed by atoms with Crippen LogP contribution < -0.4 is 0 Å². The molecule has 0 aliphatic heterocycles. The summed E-state index contributed by atoms with van der Waals surface area (Å²) in [5.41, 5.74) is 12.8. The average molecular weight is 453 g/mol. The molecule has 0 nitrogen and oxygen atoms in total. The Balaban J connectivity index is 1.68. The number of benzene rings is 5. The molecule has 35 heavy (non-hydrogen) atoms. The van der Waals surface area contributed by atoms with E-state index in [1.54, 1.807) is 0 Å². The molecule has 0 heterocycles. The summed E-state index contributed by atoms with van der Waals surface area (Å²) in [6, 6.07) is 46.1. The molecule has 5 aromatic carbocycles. The fourth-order valence-electron chi connectivity index (χ4n) is 5.10. The molecular weight excluding hydrogens is 420 g/mol. The molecule has 0 aromatic heterocycles. The van der Waals surface area contributed by atoms with E-state index in [9.17, 15) is 0 Å². The van der Waals surface area contributed by atoms with Crippen LogP contribution in [0.15, 0.2) is 127 Å². The molecule has 5 aromatic rings. The van der Waals surface area contributed by atoms with Gasteiger partial charge in [0.2, 0.25) is 0 Å². The monoisotopic (exact) mass is 452 g/mol. The van der Waals surface area contributed by atoms with Gasteiger partial charge in [-0.1, -0.05) is 127 Å². The Hall–Kier alpha value is -3.90. The van der Waals surface area contributed by atoms with Gasteiger partial charge in [-0.2, -0.15) is 0 Å².